The molecule has 1 aromatic carbocycles. The van der Waals surface area contributed by atoms with Crippen LogP contribution in [0, 0.1) is 5.92 Å². The van der Waals surface area contributed by atoms with E-state index in [1.54, 1.807) is 32.0 Å². The lowest BCUT2D eigenvalue weighted by molar-refractivity contribution is -0.142. The highest BCUT2D eigenvalue weighted by molar-refractivity contribution is 5.92. The van der Waals surface area contributed by atoms with Gasteiger partial charge in [-0.05, 0) is 24.6 Å². The van der Waals surface area contributed by atoms with E-state index < -0.39 is 0 Å². The minimum Gasteiger partial charge on any atom is -0.466 e. The molecule has 1 atom stereocenters. The monoisotopic (exact) mass is 264 g/mol. The van der Waals surface area contributed by atoms with Crippen molar-refractivity contribution in [1.82, 2.24) is 0 Å². The van der Waals surface area contributed by atoms with Gasteiger partial charge in [0.05, 0.1) is 13.0 Å². The molecular formula is C14H20N2O3. The van der Waals surface area contributed by atoms with Crippen molar-refractivity contribution >= 4 is 17.6 Å². The fraction of sp³-hybridized carbons (Fsp3) is 0.429. The van der Waals surface area contributed by atoms with E-state index in [4.69, 9.17) is 10.5 Å². The molecule has 1 aromatic rings. The van der Waals surface area contributed by atoms with Gasteiger partial charge in [-0.15, -0.1) is 0 Å². The highest BCUT2D eigenvalue weighted by Gasteiger charge is 2.11. The Hall–Kier alpha value is -1.88. The Balaban J connectivity index is 2.66. The summed E-state index contributed by atoms with van der Waals surface area (Å²) in [6, 6.07) is 7.14. The van der Waals surface area contributed by atoms with E-state index in [0.29, 0.717) is 18.8 Å². The molecule has 0 aliphatic carbocycles. The summed E-state index contributed by atoms with van der Waals surface area (Å²) >= 11 is 0. The first-order chi connectivity index (χ1) is 9.06. The number of rotatable bonds is 6. The van der Waals surface area contributed by atoms with Crippen molar-refractivity contribution in [1.29, 1.82) is 0 Å². The van der Waals surface area contributed by atoms with E-state index >= 15 is 0 Å². The van der Waals surface area contributed by atoms with Gasteiger partial charge in [0, 0.05) is 18.2 Å². The fourth-order valence-corrected chi connectivity index (χ4v) is 1.51. The topological polar surface area (TPSA) is 81.4 Å². The first-order valence-electron chi connectivity index (χ1n) is 6.32. The first-order valence-corrected chi connectivity index (χ1v) is 6.32. The molecule has 1 unspecified atom stereocenters. The van der Waals surface area contributed by atoms with Crippen molar-refractivity contribution in [2.75, 3.05) is 18.5 Å². The van der Waals surface area contributed by atoms with Gasteiger partial charge in [0.15, 0.2) is 0 Å². The normalized spacial score (nSPS) is 11.7. The standard InChI is InChI=1S/C14H20N2O3/c1-3-19-13(17)8-11-5-4-6-12(7-11)16-14(18)10(2)9-15/h4-7,10H,3,8-9,15H2,1-2H3,(H,16,18). The van der Waals surface area contributed by atoms with E-state index in [0.717, 1.165) is 5.56 Å². The van der Waals surface area contributed by atoms with Crippen LogP contribution in [-0.2, 0) is 20.7 Å². The van der Waals surface area contributed by atoms with Crippen LogP contribution in [0.4, 0.5) is 5.69 Å². The summed E-state index contributed by atoms with van der Waals surface area (Å²) in [4.78, 5) is 23.1. The molecule has 1 amide bonds. The Bertz CT molecular complexity index is 446. The Morgan fingerprint density at radius 3 is 2.79 bits per heavy atom. The number of nitrogens with one attached hydrogen (secondary N) is 1. The summed E-state index contributed by atoms with van der Waals surface area (Å²) < 4.78 is 4.88. The molecule has 0 saturated carbocycles. The Kier molecular flexibility index (Phi) is 6.02. The van der Waals surface area contributed by atoms with Crippen LogP contribution < -0.4 is 11.1 Å². The predicted molar refractivity (Wildman–Crippen MR) is 73.6 cm³/mol. The molecule has 0 bridgehead atoms. The summed E-state index contributed by atoms with van der Waals surface area (Å²) in [6.45, 7) is 4.19. The molecule has 5 heteroatoms. The second kappa shape index (κ2) is 7.53. The van der Waals surface area contributed by atoms with Gasteiger partial charge in [0.25, 0.3) is 0 Å². The highest BCUT2D eigenvalue weighted by Crippen LogP contribution is 2.12. The molecule has 0 aliphatic heterocycles. The zero-order valence-electron chi connectivity index (χ0n) is 11.3. The number of carbonyl (C=O) groups excluding carboxylic acids is 2. The van der Waals surface area contributed by atoms with Gasteiger partial charge in [0.1, 0.15) is 0 Å². The lowest BCUT2D eigenvalue weighted by atomic mass is 10.1. The second-order valence-electron chi connectivity index (χ2n) is 4.31. The number of carbonyl (C=O) groups is 2. The van der Waals surface area contributed by atoms with Crippen molar-refractivity contribution < 1.29 is 14.3 Å². The molecule has 0 radical (unpaired) electrons. The van der Waals surface area contributed by atoms with Gasteiger partial charge < -0.3 is 15.8 Å². The van der Waals surface area contributed by atoms with Gasteiger partial charge in [-0.1, -0.05) is 19.1 Å². The highest BCUT2D eigenvalue weighted by atomic mass is 16.5. The van der Waals surface area contributed by atoms with Crippen molar-refractivity contribution in [3.05, 3.63) is 29.8 Å². The first kappa shape index (κ1) is 15.2. The number of anilines is 1. The van der Waals surface area contributed by atoms with Gasteiger partial charge in [-0.2, -0.15) is 0 Å². The Morgan fingerprint density at radius 2 is 2.16 bits per heavy atom. The molecular weight excluding hydrogens is 244 g/mol. The largest absolute Gasteiger partial charge is 0.466 e. The SMILES string of the molecule is CCOC(=O)Cc1cccc(NC(=O)C(C)CN)c1. The van der Waals surface area contributed by atoms with E-state index in [-0.39, 0.29) is 24.2 Å². The van der Waals surface area contributed by atoms with Crippen molar-refractivity contribution in [2.45, 2.75) is 20.3 Å². The van der Waals surface area contributed by atoms with E-state index in [1.165, 1.54) is 0 Å². The minimum atomic E-state index is -0.277. The molecule has 5 nitrogen and oxygen atoms in total. The fourth-order valence-electron chi connectivity index (χ4n) is 1.51. The number of esters is 1. The van der Waals surface area contributed by atoms with Crippen LogP contribution in [0.1, 0.15) is 19.4 Å². The molecule has 0 spiro atoms. The van der Waals surface area contributed by atoms with Gasteiger partial charge in [0.2, 0.25) is 5.91 Å². The van der Waals surface area contributed by atoms with Crippen LogP contribution in [0.15, 0.2) is 24.3 Å². The molecule has 0 saturated heterocycles. The summed E-state index contributed by atoms with van der Waals surface area (Å²) in [5, 5.41) is 2.77. The van der Waals surface area contributed by atoms with Crippen LogP contribution in [0.2, 0.25) is 0 Å². The summed E-state index contributed by atoms with van der Waals surface area (Å²) in [5.41, 5.74) is 6.90. The van der Waals surface area contributed by atoms with Crippen LogP contribution >= 0.6 is 0 Å². The number of amides is 1. The van der Waals surface area contributed by atoms with Crippen LogP contribution in [0.3, 0.4) is 0 Å². The third kappa shape index (κ3) is 5.09. The number of ether oxygens (including phenoxy) is 1. The van der Waals surface area contributed by atoms with Crippen molar-refractivity contribution in [2.24, 2.45) is 11.7 Å². The lowest BCUT2D eigenvalue weighted by Gasteiger charge is -2.11. The molecule has 104 valence electrons. The average molecular weight is 264 g/mol. The van der Waals surface area contributed by atoms with Gasteiger partial charge >= 0.3 is 5.97 Å². The third-order valence-corrected chi connectivity index (χ3v) is 2.65. The number of nitrogens with two attached hydrogens (primary N) is 1. The smallest absolute Gasteiger partial charge is 0.310 e. The minimum absolute atomic E-state index is 0.129. The Labute approximate surface area is 113 Å². The van der Waals surface area contributed by atoms with E-state index in [1.807, 2.05) is 6.07 Å². The molecule has 1 rings (SSSR count). The second-order valence-corrected chi connectivity index (χ2v) is 4.31. The maximum Gasteiger partial charge on any atom is 0.310 e. The van der Waals surface area contributed by atoms with Gasteiger partial charge in [-0.25, -0.2) is 0 Å². The molecule has 0 aromatic heterocycles. The molecule has 0 heterocycles. The van der Waals surface area contributed by atoms with Crippen molar-refractivity contribution in [3.63, 3.8) is 0 Å². The van der Waals surface area contributed by atoms with E-state index in [9.17, 15) is 9.59 Å². The quantitative estimate of drug-likeness (QED) is 0.759. The summed E-state index contributed by atoms with van der Waals surface area (Å²) in [7, 11) is 0. The molecule has 0 fully saturated rings. The molecule has 3 N–H and O–H groups in total. The summed E-state index contributed by atoms with van der Waals surface area (Å²) in [6.07, 6.45) is 0.198. The number of hydrogen-bond donors (Lipinski definition) is 2. The predicted octanol–water partition coefficient (Wildman–Crippen LogP) is 1.33. The lowest BCUT2D eigenvalue weighted by Crippen LogP contribution is -2.26. The number of hydrogen-bond acceptors (Lipinski definition) is 4. The average Bonchev–Trinajstić information content (AvgIpc) is 2.38. The molecule has 0 aliphatic rings. The summed E-state index contributed by atoms with van der Waals surface area (Å²) in [5.74, 6) is -0.647. The van der Waals surface area contributed by atoms with Crippen LogP contribution in [0.5, 0.6) is 0 Å². The zero-order valence-corrected chi connectivity index (χ0v) is 11.3. The van der Waals surface area contributed by atoms with Gasteiger partial charge in [-0.3, -0.25) is 9.59 Å². The van der Waals surface area contributed by atoms with Crippen molar-refractivity contribution in [3.8, 4) is 0 Å². The molecule has 19 heavy (non-hydrogen) atoms. The van der Waals surface area contributed by atoms with Crippen LogP contribution in [0.25, 0.3) is 0 Å². The van der Waals surface area contributed by atoms with Crippen LogP contribution in [-0.4, -0.2) is 25.0 Å². The number of benzene rings is 1. The Morgan fingerprint density at radius 1 is 1.42 bits per heavy atom. The maximum atomic E-state index is 11.7. The third-order valence-electron chi connectivity index (χ3n) is 2.65. The van der Waals surface area contributed by atoms with E-state index in [2.05, 4.69) is 5.32 Å². The maximum absolute atomic E-state index is 11.7. The zero-order chi connectivity index (χ0) is 14.3.